The van der Waals surface area contributed by atoms with E-state index in [1.807, 2.05) is 24.2 Å². The fourth-order valence-electron chi connectivity index (χ4n) is 3.39. The predicted octanol–water partition coefficient (Wildman–Crippen LogP) is 0.689. The van der Waals surface area contributed by atoms with E-state index in [4.69, 9.17) is 10.5 Å². The van der Waals surface area contributed by atoms with Crippen LogP contribution in [0.3, 0.4) is 0 Å². The summed E-state index contributed by atoms with van der Waals surface area (Å²) < 4.78 is 7.88. The average Bonchev–Trinajstić information content (AvgIpc) is 3.20. The number of amides is 1. The Labute approximate surface area is 125 Å². The van der Waals surface area contributed by atoms with Gasteiger partial charge in [-0.2, -0.15) is 0 Å². The Morgan fingerprint density at radius 2 is 2.33 bits per heavy atom. The number of carbonyl (C=O) groups excluding carboxylic acids is 1. The minimum absolute atomic E-state index is 0.0518. The predicted molar refractivity (Wildman–Crippen MR) is 78.6 cm³/mol. The highest BCUT2D eigenvalue weighted by atomic mass is 16.5. The van der Waals surface area contributed by atoms with E-state index in [1.165, 1.54) is 0 Å². The largest absolute Gasteiger partial charge is 0.364 e. The van der Waals surface area contributed by atoms with Crippen LogP contribution in [0.5, 0.6) is 0 Å². The molecule has 3 heterocycles. The summed E-state index contributed by atoms with van der Waals surface area (Å²) in [4.78, 5) is 18.9. The molecule has 1 unspecified atom stereocenters. The second-order valence-corrected chi connectivity index (χ2v) is 6.01. The number of rotatable bonds is 4. The standard InChI is InChI=1S/C15H24N4O2/c1-11-17-6-8-18(11)10-12-3-2-7-19(12)15(20)14-5-4-13(9-16)21-14/h6,8,12-14H,2-5,7,9-10,16H2,1H3/t12?,13-,14+/m1/s1. The summed E-state index contributed by atoms with van der Waals surface area (Å²) in [7, 11) is 0. The minimum atomic E-state index is -0.289. The molecule has 2 aliphatic rings. The zero-order chi connectivity index (χ0) is 14.8. The lowest BCUT2D eigenvalue weighted by atomic mass is 10.1. The van der Waals surface area contributed by atoms with Crippen molar-refractivity contribution in [2.75, 3.05) is 13.1 Å². The third-order valence-corrected chi connectivity index (χ3v) is 4.64. The first-order valence-electron chi connectivity index (χ1n) is 7.82. The molecule has 0 spiro atoms. The van der Waals surface area contributed by atoms with Crippen molar-refractivity contribution in [3.8, 4) is 0 Å². The maximum atomic E-state index is 12.7. The average molecular weight is 292 g/mol. The second-order valence-electron chi connectivity index (χ2n) is 6.01. The maximum Gasteiger partial charge on any atom is 0.252 e. The van der Waals surface area contributed by atoms with Crippen molar-refractivity contribution >= 4 is 5.91 Å². The van der Waals surface area contributed by atoms with Crippen LogP contribution in [0.25, 0.3) is 0 Å². The van der Waals surface area contributed by atoms with Crippen LogP contribution < -0.4 is 5.73 Å². The molecule has 0 aromatic carbocycles. The van der Waals surface area contributed by atoms with Gasteiger partial charge in [-0.15, -0.1) is 0 Å². The van der Waals surface area contributed by atoms with Crippen molar-refractivity contribution in [1.82, 2.24) is 14.5 Å². The molecule has 2 N–H and O–H groups in total. The van der Waals surface area contributed by atoms with Gasteiger partial charge in [0.15, 0.2) is 0 Å². The van der Waals surface area contributed by atoms with Crippen LogP contribution in [-0.2, 0) is 16.1 Å². The number of aromatic nitrogens is 2. The highest BCUT2D eigenvalue weighted by molar-refractivity contribution is 5.81. The quantitative estimate of drug-likeness (QED) is 0.886. The molecule has 2 aliphatic heterocycles. The molecule has 1 amide bonds. The first kappa shape index (κ1) is 14.5. The maximum absolute atomic E-state index is 12.7. The number of likely N-dealkylation sites (tertiary alicyclic amines) is 1. The van der Waals surface area contributed by atoms with E-state index < -0.39 is 0 Å². The van der Waals surface area contributed by atoms with Crippen molar-refractivity contribution in [3.05, 3.63) is 18.2 Å². The molecular weight excluding hydrogens is 268 g/mol. The first-order valence-corrected chi connectivity index (χ1v) is 7.82. The van der Waals surface area contributed by atoms with Crippen molar-refractivity contribution in [3.63, 3.8) is 0 Å². The van der Waals surface area contributed by atoms with Crippen LogP contribution in [0.1, 0.15) is 31.5 Å². The second kappa shape index (κ2) is 6.15. The Bertz CT molecular complexity index is 502. The number of imidazole rings is 1. The molecule has 2 saturated heterocycles. The van der Waals surface area contributed by atoms with Crippen LogP contribution in [0.15, 0.2) is 12.4 Å². The Hall–Kier alpha value is -1.40. The third-order valence-electron chi connectivity index (χ3n) is 4.64. The number of carbonyl (C=O) groups is 1. The van der Waals surface area contributed by atoms with Gasteiger partial charge >= 0.3 is 0 Å². The number of nitrogens with zero attached hydrogens (tertiary/aromatic N) is 3. The van der Waals surface area contributed by atoms with Gasteiger partial charge in [0.2, 0.25) is 0 Å². The number of hydrogen-bond acceptors (Lipinski definition) is 4. The van der Waals surface area contributed by atoms with Gasteiger partial charge in [-0.3, -0.25) is 4.79 Å². The van der Waals surface area contributed by atoms with Gasteiger partial charge in [-0.05, 0) is 32.6 Å². The van der Waals surface area contributed by atoms with Crippen molar-refractivity contribution < 1.29 is 9.53 Å². The SMILES string of the molecule is Cc1nccn1CC1CCCN1C(=O)[C@@H]1CC[C@H](CN)O1. The van der Waals surface area contributed by atoms with Gasteiger partial charge in [0.1, 0.15) is 11.9 Å². The molecule has 0 radical (unpaired) electrons. The van der Waals surface area contributed by atoms with Crippen molar-refractivity contribution in [2.24, 2.45) is 5.73 Å². The monoisotopic (exact) mass is 292 g/mol. The van der Waals surface area contributed by atoms with Gasteiger partial charge in [0, 0.05) is 38.1 Å². The lowest BCUT2D eigenvalue weighted by Crippen LogP contribution is -2.44. The Balaban J connectivity index is 1.64. The minimum Gasteiger partial charge on any atom is -0.364 e. The highest BCUT2D eigenvalue weighted by Crippen LogP contribution is 2.26. The van der Waals surface area contributed by atoms with Gasteiger partial charge in [0.25, 0.3) is 5.91 Å². The lowest BCUT2D eigenvalue weighted by molar-refractivity contribution is -0.143. The molecule has 116 valence electrons. The molecule has 3 rings (SSSR count). The van der Waals surface area contributed by atoms with Crippen molar-refractivity contribution in [2.45, 2.75) is 57.4 Å². The van der Waals surface area contributed by atoms with Gasteiger partial charge in [0.05, 0.1) is 6.10 Å². The Morgan fingerprint density at radius 3 is 3.00 bits per heavy atom. The fourth-order valence-corrected chi connectivity index (χ4v) is 3.39. The molecule has 3 atom stereocenters. The molecule has 21 heavy (non-hydrogen) atoms. The Kier molecular flexibility index (Phi) is 4.26. The third kappa shape index (κ3) is 2.96. The summed E-state index contributed by atoms with van der Waals surface area (Å²) in [5, 5.41) is 0. The van der Waals surface area contributed by atoms with Gasteiger partial charge in [-0.25, -0.2) is 4.98 Å². The zero-order valence-corrected chi connectivity index (χ0v) is 12.6. The van der Waals surface area contributed by atoms with E-state index in [0.29, 0.717) is 6.54 Å². The van der Waals surface area contributed by atoms with E-state index >= 15 is 0 Å². The summed E-state index contributed by atoms with van der Waals surface area (Å²) in [5.74, 6) is 1.14. The summed E-state index contributed by atoms with van der Waals surface area (Å²) in [6, 6.07) is 0.255. The first-order chi connectivity index (χ1) is 10.2. The normalized spacial score (nSPS) is 29.2. The van der Waals surface area contributed by atoms with Crippen LogP contribution in [-0.4, -0.2) is 51.7 Å². The van der Waals surface area contributed by atoms with E-state index in [-0.39, 0.29) is 24.2 Å². The smallest absolute Gasteiger partial charge is 0.252 e. The molecule has 0 saturated carbocycles. The highest BCUT2D eigenvalue weighted by Gasteiger charge is 2.37. The van der Waals surface area contributed by atoms with Crippen molar-refractivity contribution in [1.29, 1.82) is 0 Å². The topological polar surface area (TPSA) is 73.4 Å². The molecule has 6 heteroatoms. The van der Waals surface area contributed by atoms with E-state index in [1.54, 1.807) is 0 Å². The van der Waals surface area contributed by atoms with E-state index in [0.717, 1.165) is 44.6 Å². The number of aryl methyl sites for hydroxylation is 1. The zero-order valence-electron chi connectivity index (χ0n) is 12.6. The summed E-state index contributed by atoms with van der Waals surface area (Å²) in [6.07, 6.45) is 7.36. The van der Waals surface area contributed by atoms with Crippen LogP contribution in [0, 0.1) is 6.92 Å². The summed E-state index contributed by atoms with van der Waals surface area (Å²) >= 11 is 0. The molecule has 1 aromatic rings. The lowest BCUT2D eigenvalue weighted by Gasteiger charge is -2.28. The number of hydrogen-bond donors (Lipinski definition) is 1. The Morgan fingerprint density at radius 1 is 1.48 bits per heavy atom. The molecule has 2 fully saturated rings. The van der Waals surface area contributed by atoms with Gasteiger partial charge < -0.3 is 19.9 Å². The molecular formula is C15H24N4O2. The van der Waals surface area contributed by atoms with Crippen LogP contribution in [0.2, 0.25) is 0 Å². The summed E-state index contributed by atoms with van der Waals surface area (Å²) in [6.45, 7) is 4.16. The van der Waals surface area contributed by atoms with E-state index in [2.05, 4.69) is 9.55 Å². The van der Waals surface area contributed by atoms with Crippen LogP contribution in [0.4, 0.5) is 0 Å². The number of ether oxygens (including phenoxy) is 1. The molecule has 1 aromatic heterocycles. The number of nitrogens with two attached hydrogens (primary N) is 1. The molecule has 6 nitrogen and oxygen atoms in total. The fraction of sp³-hybridized carbons (Fsp3) is 0.733. The van der Waals surface area contributed by atoms with Crippen LogP contribution >= 0.6 is 0 Å². The molecule has 0 bridgehead atoms. The summed E-state index contributed by atoms with van der Waals surface area (Å²) in [5.41, 5.74) is 5.62. The molecule has 0 aliphatic carbocycles. The van der Waals surface area contributed by atoms with E-state index in [9.17, 15) is 4.79 Å². The van der Waals surface area contributed by atoms with Gasteiger partial charge in [-0.1, -0.05) is 0 Å².